The van der Waals surface area contributed by atoms with E-state index in [0.29, 0.717) is 11.3 Å². The summed E-state index contributed by atoms with van der Waals surface area (Å²) in [5.74, 6) is -1.70. The Morgan fingerprint density at radius 1 is 1.53 bits per heavy atom. The van der Waals surface area contributed by atoms with E-state index in [4.69, 9.17) is 10.4 Å². The molecule has 0 aliphatic carbocycles. The molecule has 0 saturated heterocycles. The number of aromatic nitrogens is 1. The minimum atomic E-state index is -1.12. The Hall–Kier alpha value is -2.42. The van der Waals surface area contributed by atoms with Crippen LogP contribution in [0.1, 0.15) is 28.7 Å². The van der Waals surface area contributed by atoms with E-state index in [-0.39, 0.29) is 5.69 Å². The van der Waals surface area contributed by atoms with Crippen LogP contribution in [0.15, 0.2) is 12.1 Å². The molecule has 88 valence electrons. The second kappa shape index (κ2) is 5.07. The summed E-state index contributed by atoms with van der Waals surface area (Å²) in [5, 5.41) is 19.6. The number of carboxylic acid groups (broad SMARTS) is 1. The maximum atomic E-state index is 11.6. The van der Waals surface area contributed by atoms with Gasteiger partial charge < -0.3 is 10.4 Å². The van der Waals surface area contributed by atoms with E-state index in [2.05, 4.69) is 10.3 Å². The highest BCUT2D eigenvalue weighted by Crippen LogP contribution is 2.05. The zero-order chi connectivity index (χ0) is 13.0. The van der Waals surface area contributed by atoms with Crippen LogP contribution in [-0.4, -0.2) is 28.0 Å². The Labute approximate surface area is 97.9 Å². The fraction of sp³-hybridized carbons (Fsp3) is 0.273. The summed E-state index contributed by atoms with van der Waals surface area (Å²) < 4.78 is 0. The molecule has 1 amide bonds. The largest absolute Gasteiger partial charge is 0.480 e. The van der Waals surface area contributed by atoms with Gasteiger partial charge in [-0.1, -0.05) is 0 Å². The van der Waals surface area contributed by atoms with Gasteiger partial charge >= 0.3 is 5.97 Å². The summed E-state index contributed by atoms with van der Waals surface area (Å²) in [4.78, 5) is 26.1. The average Bonchev–Trinajstić information content (AvgIpc) is 2.28. The first-order chi connectivity index (χ1) is 7.95. The number of rotatable bonds is 3. The van der Waals surface area contributed by atoms with Crippen LogP contribution in [0.5, 0.6) is 0 Å². The van der Waals surface area contributed by atoms with Crippen LogP contribution in [0.2, 0.25) is 0 Å². The van der Waals surface area contributed by atoms with Gasteiger partial charge in [-0.15, -0.1) is 0 Å². The van der Waals surface area contributed by atoms with Crippen LogP contribution in [-0.2, 0) is 4.79 Å². The number of aliphatic carboxylic acids is 1. The standard InChI is InChI=1S/C11H11N3O3/c1-6-8(5-12)3-4-9(13-6)10(15)14-7(2)11(16)17/h3-4,7H,1-2H3,(H,14,15)(H,16,17)/t7-/m1/s1. The molecule has 0 spiro atoms. The molecule has 17 heavy (non-hydrogen) atoms. The predicted molar refractivity (Wildman–Crippen MR) is 58.3 cm³/mol. The van der Waals surface area contributed by atoms with Crippen molar-refractivity contribution in [1.29, 1.82) is 5.26 Å². The third-order valence-corrected chi connectivity index (χ3v) is 2.16. The van der Waals surface area contributed by atoms with E-state index in [1.54, 1.807) is 6.92 Å². The monoisotopic (exact) mass is 233 g/mol. The lowest BCUT2D eigenvalue weighted by atomic mass is 10.2. The molecule has 0 aliphatic heterocycles. The highest BCUT2D eigenvalue weighted by Gasteiger charge is 2.16. The van der Waals surface area contributed by atoms with Gasteiger partial charge in [-0.2, -0.15) is 5.26 Å². The fourth-order valence-electron chi connectivity index (χ4n) is 1.14. The molecule has 1 heterocycles. The number of amides is 1. The van der Waals surface area contributed by atoms with Crippen LogP contribution in [0.4, 0.5) is 0 Å². The summed E-state index contributed by atoms with van der Waals surface area (Å²) in [7, 11) is 0. The molecule has 1 atom stereocenters. The Balaban J connectivity index is 2.88. The van der Waals surface area contributed by atoms with E-state index in [1.165, 1.54) is 19.1 Å². The molecule has 1 aromatic heterocycles. The average molecular weight is 233 g/mol. The SMILES string of the molecule is Cc1nc(C(=O)N[C@H](C)C(=O)O)ccc1C#N. The van der Waals surface area contributed by atoms with Gasteiger partial charge in [0.25, 0.3) is 5.91 Å². The zero-order valence-electron chi connectivity index (χ0n) is 9.39. The molecule has 0 bridgehead atoms. The van der Waals surface area contributed by atoms with Crippen molar-refractivity contribution >= 4 is 11.9 Å². The second-order valence-corrected chi connectivity index (χ2v) is 3.47. The first-order valence-corrected chi connectivity index (χ1v) is 4.87. The van der Waals surface area contributed by atoms with E-state index in [9.17, 15) is 9.59 Å². The van der Waals surface area contributed by atoms with E-state index in [1.807, 2.05) is 6.07 Å². The van der Waals surface area contributed by atoms with Crippen LogP contribution in [0.3, 0.4) is 0 Å². The zero-order valence-corrected chi connectivity index (χ0v) is 9.39. The molecule has 0 fully saturated rings. The highest BCUT2D eigenvalue weighted by atomic mass is 16.4. The summed E-state index contributed by atoms with van der Waals surface area (Å²) in [5.41, 5.74) is 0.908. The first-order valence-electron chi connectivity index (χ1n) is 4.87. The van der Waals surface area contributed by atoms with Gasteiger partial charge in [0.1, 0.15) is 17.8 Å². The van der Waals surface area contributed by atoms with Gasteiger partial charge in [-0.3, -0.25) is 9.59 Å². The van der Waals surface area contributed by atoms with Crippen molar-refractivity contribution < 1.29 is 14.7 Å². The number of hydrogen-bond acceptors (Lipinski definition) is 4. The topological polar surface area (TPSA) is 103 Å². The molecule has 0 aromatic carbocycles. The Morgan fingerprint density at radius 2 is 2.18 bits per heavy atom. The predicted octanol–water partition coefficient (Wildman–Crippen LogP) is 0.465. The minimum Gasteiger partial charge on any atom is -0.480 e. The summed E-state index contributed by atoms with van der Waals surface area (Å²) in [6.45, 7) is 2.96. The molecule has 0 aliphatic rings. The molecule has 6 nitrogen and oxygen atoms in total. The van der Waals surface area contributed by atoms with Gasteiger partial charge in [-0.05, 0) is 26.0 Å². The maximum Gasteiger partial charge on any atom is 0.325 e. The van der Waals surface area contributed by atoms with Crippen molar-refractivity contribution in [3.05, 3.63) is 29.1 Å². The van der Waals surface area contributed by atoms with Crippen LogP contribution >= 0.6 is 0 Å². The molecule has 2 N–H and O–H groups in total. The van der Waals surface area contributed by atoms with Crippen molar-refractivity contribution in [2.45, 2.75) is 19.9 Å². The third kappa shape index (κ3) is 3.01. The molecular weight excluding hydrogens is 222 g/mol. The summed E-state index contributed by atoms with van der Waals surface area (Å²) >= 11 is 0. The highest BCUT2D eigenvalue weighted by molar-refractivity contribution is 5.94. The minimum absolute atomic E-state index is 0.0922. The molecule has 0 radical (unpaired) electrons. The molecule has 0 unspecified atom stereocenters. The van der Waals surface area contributed by atoms with E-state index >= 15 is 0 Å². The number of nitriles is 1. The van der Waals surface area contributed by atoms with E-state index in [0.717, 1.165) is 0 Å². The number of carboxylic acids is 1. The van der Waals surface area contributed by atoms with Gasteiger partial charge in [0.05, 0.1) is 11.3 Å². The number of pyridine rings is 1. The first kappa shape index (κ1) is 12.6. The van der Waals surface area contributed by atoms with Crippen molar-refractivity contribution in [1.82, 2.24) is 10.3 Å². The van der Waals surface area contributed by atoms with Crippen molar-refractivity contribution in [3.8, 4) is 6.07 Å². The number of nitrogens with one attached hydrogen (secondary N) is 1. The van der Waals surface area contributed by atoms with Crippen molar-refractivity contribution in [2.75, 3.05) is 0 Å². The Bertz CT molecular complexity index is 505. The second-order valence-electron chi connectivity index (χ2n) is 3.47. The number of nitrogens with zero attached hydrogens (tertiary/aromatic N) is 2. The smallest absolute Gasteiger partial charge is 0.325 e. The summed E-state index contributed by atoms with van der Waals surface area (Å²) in [6, 6.07) is 3.81. The number of carbonyl (C=O) groups excluding carboxylic acids is 1. The lowest BCUT2D eigenvalue weighted by Crippen LogP contribution is -2.38. The fourth-order valence-corrected chi connectivity index (χ4v) is 1.14. The lowest BCUT2D eigenvalue weighted by Gasteiger charge is -2.09. The van der Waals surface area contributed by atoms with Crippen LogP contribution < -0.4 is 5.32 Å². The number of aryl methyl sites for hydroxylation is 1. The lowest BCUT2D eigenvalue weighted by molar-refractivity contribution is -0.138. The molecule has 1 rings (SSSR count). The Morgan fingerprint density at radius 3 is 2.65 bits per heavy atom. The van der Waals surface area contributed by atoms with Gasteiger partial charge in [0.15, 0.2) is 0 Å². The number of hydrogen-bond donors (Lipinski definition) is 2. The molecule has 1 aromatic rings. The molecular formula is C11H11N3O3. The quantitative estimate of drug-likeness (QED) is 0.789. The van der Waals surface area contributed by atoms with Gasteiger partial charge in [0.2, 0.25) is 0 Å². The van der Waals surface area contributed by atoms with Crippen LogP contribution in [0, 0.1) is 18.3 Å². The molecule has 6 heteroatoms. The van der Waals surface area contributed by atoms with Crippen LogP contribution in [0.25, 0.3) is 0 Å². The maximum absolute atomic E-state index is 11.6. The molecule has 0 saturated carbocycles. The Kier molecular flexibility index (Phi) is 3.78. The van der Waals surface area contributed by atoms with Gasteiger partial charge in [-0.25, -0.2) is 4.98 Å². The summed E-state index contributed by atoms with van der Waals surface area (Å²) in [6.07, 6.45) is 0. The van der Waals surface area contributed by atoms with Crippen molar-refractivity contribution in [2.24, 2.45) is 0 Å². The normalized spacial score (nSPS) is 11.4. The van der Waals surface area contributed by atoms with Gasteiger partial charge in [0, 0.05) is 0 Å². The third-order valence-electron chi connectivity index (χ3n) is 2.16. The number of carbonyl (C=O) groups is 2. The van der Waals surface area contributed by atoms with Crippen molar-refractivity contribution in [3.63, 3.8) is 0 Å². The van der Waals surface area contributed by atoms with E-state index < -0.39 is 17.9 Å².